The number of hydrogen-bond donors (Lipinski definition) is 1. The van der Waals surface area contributed by atoms with Crippen molar-refractivity contribution in [3.05, 3.63) is 97.2 Å². The molecule has 0 saturated heterocycles. The first kappa shape index (κ1) is 53.2. The van der Waals surface area contributed by atoms with E-state index in [1.807, 2.05) is 33.3 Å². The minimum atomic E-state index is -0.892. The van der Waals surface area contributed by atoms with Crippen LogP contribution in [0.1, 0.15) is 142 Å². The van der Waals surface area contributed by atoms with Crippen molar-refractivity contribution in [3.63, 3.8) is 0 Å². The van der Waals surface area contributed by atoms with Gasteiger partial charge in [0.05, 0.1) is 34.4 Å². The molecule has 0 aromatic carbocycles. The fourth-order valence-corrected chi connectivity index (χ4v) is 5.68. The van der Waals surface area contributed by atoms with Crippen LogP contribution in [0.5, 0.6) is 0 Å². The molecule has 0 radical (unpaired) electrons. The van der Waals surface area contributed by atoms with Gasteiger partial charge in [-0.3, -0.25) is 9.59 Å². The van der Waals surface area contributed by atoms with Crippen LogP contribution in [0.2, 0.25) is 0 Å². The summed E-state index contributed by atoms with van der Waals surface area (Å²) in [5, 5.41) is 9.61. The molecular formula is C49H80NO7+. The Morgan fingerprint density at radius 2 is 0.965 bits per heavy atom. The molecule has 0 aliphatic heterocycles. The molecule has 0 aliphatic carbocycles. The Labute approximate surface area is 347 Å². The van der Waals surface area contributed by atoms with Gasteiger partial charge >= 0.3 is 17.9 Å². The SMILES string of the molecule is CC/C=C/C/C=C/C/C=C/C/C=C/C/C=C/C/C=C/CCC(=O)OC(COCCC(C(=O)O)[N+](C)(C)C)COC(=O)CCCCCCCCC/C=C/C/C=C/CC. The molecular weight excluding hydrogens is 715 g/mol. The van der Waals surface area contributed by atoms with Gasteiger partial charge in [0.1, 0.15) is 6.61 Å². The highest BCUT2D eigenvalue weighted by Crippen LogP contribution is 2.12. The van der Waals surface area contributed by atoms with Crippen LogP contribution in [-0.2, 0) is 28.6 Å². The van der Waals surface area contributed by atoms with Gasteiger partial charge in [-0.2, -0.15) is 0 Å². The highest BCUT2D eigenvalue weighted by Gasteiger charge is 2.31. The summed E-state index contributed by atoms with van der Waals surface area (Å²) in [5.41, 5.74) is 0. The lowest BCUT2D eigenvalue weighted by molar-refractivity contribution is -0.887. The third-order valence-electron chi connectivity index (χ3n) is 8.99. The van der Waals surface area contributed by atoms with Gasteiger partial charge in [0.2, 0.25) is 0 Å². The van der Waals surface area contributed by atoms with Crippen LogP contribution in [0.3, 0.4) is 0 Å². The second kappa shape index (κ2) is 39.1. The number of carbonyl (C=O) groups excluding carboxylic acids is 2. The quantitative estimate of drug-likeness (QED) is 0.0289. The van der Waals surface area contributed by atoms with E-state index < -0.39 is 24.1 Å². The first-order valence-electron chi connectivity index (χ1n) is 21.8. The molecule has 8 heteroatoms. The summed E-state index contributed by atoms with van der Waals surface area (Å²) in [4.78, 5) is 36.9. The molecule has 0 bridgehead atoms. The minimum Gasteiger partial charge on any atom is -0.477 e. The molecule has 8 nitrogen and oxygen atoms in total. The van der Waals surface area contributed by atoms with Gasteiger partial charge in [-0.1, -0.05) is 143 Å². The number of ether oxygens (including phenoxy) is 3. The van der Waals surface area contributed by atoms with Gasteiger partial charge in [-0.15, -0.1) is 0 Å². The molecule has 2 atom stereocenters. The van der Waals surface area contributed by atoms with E-state index in [-0.39, 0.29) is 36.7 Å². The molecule has 2 unspecified atom stereocenters. The fraction of sp³-hybridized carbons (Fsp3) is 0.612. The van der Waals surface area contributed by atoms with E-state index in [0.717, 1.165) is 77.0 Å². The zero-order chi connectivity index (χ0) is 42.1. The number of rotatable bonds is 37. The molecule has 0 heterocycles. The van der Waals surface area contributed by atoms with Crippen molar-refractivity contribution in [1.82, 2.24) is 0 Å². The topological polar surface area (TPSA) is 99.1 Å². The van der Waals surface area contributed by atoms with Crippen LogP contribution in [-0.4, -0.2) is 80.6 Å². The van der Waals surface area contributed by atoms with Crippen LogP contribution in [0.15, 0.2) is 97.2 Å². The molecule has 0 aromatic heterocycles. The van der Waals surface area contributed by atoms with Crippen molar-refractivity contribution in [2.75, 3.05) is 41.0 Å². The van der Waals surface area contributed by atoms with E-state index in [9.17, 15) is 19.5 Å². The summed E-state index contributed by atoms with van der Waals surface area (Å²) in [6.45, 7) is 4.40. The molecule has 0 rings (SSSR count). The van der Waals surface area contributed by atoms with Crippen molar-refractivity contribution in [3.8, 4) is 0 Å². The average molecular weight is 795 g/mol. The third kappa shape index (κ3) is 37.6. The zero-order valence-corrected chi connectivity index (χ0v) is 36.5. The van der Waals surface area contributed by atoms with Crippen LogP contribution in [0.4, 0.5) is 0 Å². The van der Waals surface area contributed by atoms with Crippen molar-refractivity contribution in [1.29, 1.82) is 0 Å². The van der Waals surface area contributed by atoms with E-state index in [0.29, 0.717) is 19.3 Å². The van der Waals surface area contributed by atoms with E-state index in [4.69, 9.17) is 14.2 Å². The van der Waals surface area contributed by atoms with E-state index >= 15 is 0 Å². The maximum absolute atomic E-state index is 12.7. The number of nitrogens with zero attached hydrogens (tertiary/aromatic N) is 1. The van der Waals surface area contributed by atoms with Crippen LogP contribution < -0.4 is 0 Å². The number of allylic oxidation sites excluding steroid dienone is 16. The standard InChI is InChI=1S/C49H79NO7/c1-6-8-10-12-14-16-18-20-22-23-24-25-26-28-30-32-34-36-38-40-48(52)57-45(43-55-42-41-46(49(53)54)50(3,4)5)44-56-47(51)39-37-35-33-31-29-27-21-19-17-15-13-11-9-7-2/h8-11,14-17,20,22,24-25,28,30,34,36,45-46H,6-7,12-13,18-19,21,23,26-27,29,31-33,35,37-44H2,1-5H3/p+1/b10-8+,11-9+,16-14+,17-15+,22-20+,25-24+,30-28+,36-34+. The number of carboxylic acids is 1. The molecule has 0 aromatic rings. The molecule has 57 heavy (non-hydrogen) atoms. The number of hydrogen-bond acceptors (Lipinski definition) is 6. The van der Waals surface area contributed by atoms with Gasteiger partial charge < -0.3 is 23.8 Å². The normalized spacial score (nSPS) is 13.9. The summed E-state index contributed by atoms with van der Waals surface area (Å²) in [6.07, 6.45) is 51.8. The lowest BCUT2D eigenvalue weighted by Crippen LogP contribution is -2.50. The molecule has 0 aliphatic rings. The van der Waals surface area contributed by atoms with E-state index in [2.05, 4.69) is 98.9 Å². The van der Waals surface area contributed by atoms with Crippen LogP contribution >= 0.6 is 0 Å². The number of quaternary nitrogens is 1. The summed E-state index contributed by atoms with van der Waals surface area (Å²) in [7, 11) is 5.48. The number of carbonyl (C=O) groups is 3. The molecule has 0 amide bonds. The summed E-state index contributed by atoms with van der Waals surface area (Å²) in [6, 6.07) is -0.634. The first-order valence-corrected chi connectivity index (χ1v) is 21.8. The van der Waals surface area contributed by atoms with Crippen molar-refractivity contribution < 1.29 is 38.2 Å². The number of esters is 2. The summed E-state index contributed by atoms with van der Waals surface area (Å²) in [5.74, 6) is -1.60. The molecule has 322 valence electrons. The predicted molar refractivity (Wildman–Crippen MR) is 238 cm³/mol. The number of aliphatic carboxylic acids is 1. The van der Waals surface area contributed by atoms with Gasteiger partial charge in [0.25, 0.3) is 0 Å². The maximum atomic E-state index is 12.7. The summed E-state index contributed by atoms with van der Waals surface area (Å²) < 4.78 is 17.2. The second-order valence-corrected chi connectivity index (χ2v) is 15.2. The van der Waals surface area contributed by atoms with Gasteiger partial charge in [0.15, 0.2) is 12.1 Å². The molecule has 0 saturated carbocycles. The predicted octanol–water partition coefficient (Wildman–Crippen LogP) is 11.9. The average Bonchev–Trinajstić information content (AvgIpc) is 3.17. The Hall–Kier alpha value is -3.75. The Morgan fingerprint density at radius 3 is 1.44 bits per heavy atom. The monoisotopic (exact) mass is 795 g/mol. The minimum absolute atomic E-state index is 0.0219. The summed E-state index contributed by atoms with van der Waals surface area (Å²) >= 11 is 0. The molecule has 0 fully saturated rings. The zero-order valence-electron chi connectivity index (χ0n) is 36.5. The maximum Gasteiger partial charge on any atom is 0.362 e. The Morgan fingerprint density at radius 1 is 0.526 bits per heavy atom. The lowest BCUT2D eigenvalue weighted by atomic mass is 10.1. The second-order valence-electron chi connectivity index (χ2n) is 15.2. The van der Waals surface area contributed by atoms with E-state index in [1.54, 1.807) is 0 Å². The third-order valence-corrected chi connectivity index (χ3v) is 8.99. The van der Waals surface area contributed by atoms with E-state index in [1.165, 1.54) is 25.7 Å². The van der Waals surface area contributed by atoms with Gasteiger partial charge in [-0.05, 0) is 77.0 Å². The highest BCUT2D eigenvalue weighted by atomic mass is 16.6. The molecule has 0 spiro atoms. The van der Waals surface area contributed by atoms with Crippen LogP contribution in [0.25, 0.3) is 0 Å². The Kier molecular flexibility index (Phi) is 36.5. The van der Waals surface area contributed by atoms with Gasteiger partial charge in [-0.25, -0.2) is 4.79 Å². The fourth-order valence-electron chi connectivity index (χ4n) is 5.68. The Bertz CT molecular complexity index is 1250. The largest absolute Gasteiger partial charge is 0.477 e. The van der Waals surface area contributed by atoms with Crippen molar-refractivity contribution in [2.45, 2.75) is 154 Å². The lowest BCUT2D eigenvalue weighted by Gasteiger charge is -2.31. The van der Waals surface area contributed by atoms with Crippen molar-refractivity contribution >= 4 is 17.9 Å². The number of likely N-dealkylation sites (N-methyl/N-ethyl adjacent to an activating group) is 1. The Balaban J connectivity index is 4.51. The van der Waals surface area contributed by atoms with Crippen molar-refractivity contribution in [2.24, 2.45) is 0 Å². The number of unbranched alkanes of at least 4 members (excludes halogenated alkanes) is 7. The smallest absolute Gasteiger partial charge is 0.362 e. The molecule has 1 N–H and O–H groups in total. The highest BCUT2D eigenvalue weighted by molar-refractivity contribution is 5.72. The number of carboxylic acid groups (broad SMARTS) is 1. The van der Waals surface area contributed by atoms with Gasteiger partial charge in [0, 0.05) is 19.3 Å². The van der Waals surface area contributed by atoms with Crippen LogP contribution in [0, 0.1) is 0 Å². The first-order chi connectivity index (χ1) is 27.6.